The second kappa shape index (κ2) is 10.9. The van der Waals surface area contributed by atoms with Gasteiger partial charge in [-0.3, -0.25) is 4.68 Å². The Hall–Kier alpha value is -0.950. The Morgan fingerprint density at radius 3 is 2.53 bits per heavy atom. The molecule has 0 amide bonds. The summed E-state index contributed by atoms with van der Waals surface area (Å²) >= 11 is 0. The number of nitrogens with zero attached hydrogens (tertiary/aromatic N) is 2. The molecule has 6 nitrogen and oxygen atoms in total. The van der Waals surface area contributed by atoms with E-state index >= 15 is 0 Å². The molecule has 0 aliphatic carbocycles. The van der Waals surface area contributed by atoms with Gasteiger partial charge in [0.15, 0.2) is 0 Å². The highest BCUT2D eigenvalue weighted by molar-refractivity contribution is 4.98. The van der Waals surface area contributed by atoms with Crippen LogP contribution in [-0.4, -0.2) is 63.0 Å². The maximum Gasteiger partial charge on any atom is 0.0701 e. The van der Waals surface area contributed by atoms with Crippen LogP contribution in [0.5, 0.6) is 0 Å². The van der Waals surface area contributed by atoms with Crippen LogP contribution in [0.2, 0.25) is 0 Å². The Labute approximate surface area is 115 Å². The summed E-state index contributed by atoms with van der Waals surface area (Å²) in [6.45, 7) is 4.99. The van der Waals surface area contributed by atoms with Crippen molar-refractivity contribution in [3.8, 4) is 0 Å². The third-order valence-electron chi connectivity index (χ3n) is 2.55. The molecule has 6 heteroatoms. The van der Waals surface area contributed by atoms with Crippen LogP contribution in [0.15, 0.2) is 12.3 Å². The van der Waals surface area contributed by atoms with Crippen LogP contribution >= 0.6 is 0 Å². The first-order valence-electron chi connectivity index (χ1n) is 6.66. The van der Waals surface area contributed by atoms with Crippen LogP contribution < -0.4 is 5.32 Å². The van der Waals surface area contributed by atoms with Crippen LogP contribution in [0, 0.1) is 0 Å². The minimum Gasteiger partial charge on any atom is -0.382 e. The Bertz CT molecular complexity index is 318. The van der Waals surface area contributed by atoms with Crippen LogP contribution in [0.1, 0.15) is 5.69 Å². The van der Waals surface area contributed by atoms with Gasteiger partial charge in [0.05, 0.1) is 38.7 Å². The topological polar surface area (TPSA) is 57.5 Å². The average molecular weight is 271 g/mol. The molecule has 1 heterocycles. The summed E-state index contributed by atoms with van der Waals surface area (Å²) in [5, 5.41) is 7.63. The zero-order valence-electron chi connectivity index (χ0n) is 11.9. The maximum absolute atomic E-state index is 5.42. The number of aromatic nitrogens is 2. The summed E-state index contributed by atoms with van der Waals surface area (Å²) < 4.78 is 17.4. The molecule has 0 fully saturated rings. The molecule has 19 heavy (non-hydrogen) atoms. The van der Waals surface area contributed by atoms with Crippen molar-refractivity contribution in [3.05, 3.63) is 18.0 Å². The van der Waals surface area contributed by atoms with Gasteiger partial charge in [-0.05, 0) is 6.07 Å². The molecule has 0 spiro atoms. The van der Waals surface area contributed by atoms with Gasteiger partial charge in [0.2, 0.25) is 0 Å². The Balaban J connectivity index is 1.79. The fraction of sp³-hybridized carbons (Fsp3) is 0.769. The van der Waals surface area contributed by atoms with Crippen molar-refractivity contribution >= 4 is 0 Å². The van der Waals surface area contributed by atoms with E-state index in [0.717, 1.165) is 25.2 Å². The van der Waals surface area contributed by atoms with Crippen molar-refractivity contribution in [1.29, 1.82) is 0 Å². The third kappa shape index (κ3) is 8.72. The van der Waals surface area contributed by atoms with E-state index in [4.69, 9.17) is 14.2 Å². The van der Waals surface area contributed by atoms with Crippen molar-refractivity contribution in [2.75, 3.05) is 53.2 Å². The van der Waals surface area contributed by atoms with Crippen molar-refractivity contribution in [3.63, 3.8) is 0 Å². The molecule has 0 saturated carbocycles. The van der Waals surface area contributed by atoms with E-state index in [1.54, 1.807) is 7.11 Å². The van der Waals surface area contributed by atoms with Crippen LogP contribution in [0.4, 0.5) is 0 Å². The second-order valence-corrected chi connectivity index (χ2v) is 4.20. The van der Waals surface area contributed by atoms with E-state index in [-0.39, 0.29) is 0 Å². The molecular formula is C13H25N3O3. The lowest BCUT2D eigenvalue weighted by molar-refractivity contribution is 0.0256. The fourth-order valence-electron chi connectivity index (χ4n) is 1.55. The molecule has 0 atom stereocenters. The van der Waals surface area contributed by atoms with E-state index in [1.807, 2.05) is 24.0 Å². The highest BCUT2D eigenvalue weighted by Crippen LogP contribution is 1.93. The standard InChI is InChI=1S/C13H25N3O3/c1-16-7-4-13(15-16)3-5-14-6-8-18-11-12-19-10-9-17-2/h4,7,14H,3,5-6,8-12H2,1-2H3. The molecule has 0 unspecified atom stereocenters. The maximum atomic E-state index is 5.42. The first-order valence-corrected chi connectivity index (χ1v) is 6.66. The zero-order chi connectivity index (χ0) is 13.8. The number of methoxy groups -OCH3 is 1. The SMILES string of the molecule is COCCOCCOCCNCCc1ccn(C)n1. The van der Waals surface area contributed by atoms with Gasteiger partial charge in [0.1, 0.15) is 0 Å². The van der Waals surface area contributed by atoms with Crippen molar-refractivity contribution in [1.82, 2.24) is 15.1 Å². The van der Waals surface area contributed by atoms with E-state index in [1.165, 1.54) is 0 Å². The number of hydrogen-bond donors (Lipinski definition) is 1. The molecule has 1 aromatic heterocycles. The molecule has 1 N–H and O–H groups in total. The first-order chi connectivity index (χ1) is 9.33. The molecule has 0 bridgehead atoms. The highest BCUT2D eigenvalue weighted by atomic mass is 16.5. The lowest BCUT2D eigenvalue weighted by Gasteiger charge is -2.06. The lowest BCUT2D eigenvalue weighted by Crippen LogP contribution is -2.23. The lowest BCUT2D eigenvalue weighted by atomic mass is 10.3. The number of rotatable bonds is 12. The first kappa shape index (κ1) is 16.1. The van der Waals surface area contributed by atoms with Crippen molar-refractivity contribution in [2.24, 2.45) is 7.05 Å². The van der Waals surface area contributed by atoms with Gasteiger partial charge < -0.3 is 19.5 Å². The van der Waals surface area contributed by atoms with Gasteiger partial charge in [-0.1, -0.05) is 0 Å². The molecule has 110 valence electrons. The van der Waals surface area contributed by atoms with Crippen LogP contribution in [0.3, 0.4) is 0 Å². The van der Waals surface area contributed by atoms with E-state index in [2.05, 4.69) is 10.4 Å². The van der Waals surface area contributed by atoms with Gasteiger partial charge in [-0.15, -0.1) is 0 Å². The van der Waals surface area contributed by atoms with Crippen LogP contribution in [-0.2, 0) is 27.7 Å². The van der Waals surface area contributed by atoms with Gasteiger partial charge >= 0.3 is 0 Å². The predicted octanol–water partition coefficient (Wildman–Crippen LogP) is 0.232. The molecule has 0 aliphatic heterocycles. The largest absolute Gasteiger partial charge is 0.382 e. The summed E-state index contributed by atoms with van der Waals surface area (Å²) in [6.07, 6.45) is 2.91. The summed E-state index contributed by atoms with van der Waals surface area (Å²) in [4.78, 5) is 0. The second-order valence-electron chi connectivity index (χ2n) is 4.20. The zero-order valence-corrected chi connectivity index (χ0v) is 11.9. The molecule has 0 aromatic carbocycles. The average Bonchev–Trinajstić information content (AvgIpc) is 2.82. The molecule has 0 aliphatic rings. The predicted molar refractivity (Wildman–Crippen MR) is 73.3 cm³/mol. The van der Waals surface area contributed by atoms with Gasteiger partial charge in [0, 0.05) is 39.9 Å². The van der Waals surface area contributed by atoms with Crippen molar-refractivity contribution < 1.29 is 14.2 Å². The number of ether oxygens (including phenoxy) is 3. The Morgan fingerprint density at radius 2 is 1.84 bits per heavy atom. The molecular weight excluding hydrogens is 246 g/mol. The summed E-state index contributed by atoms with van der Waals surface area (Å²) in [6, 6.07) is 2.04. The smallest absolute Gasteiger partial charge is 0.0701 e. The minimum absolute atomic E-state index is 0.622. The summed E-state index contributed by atoms with van der Waals surface area (Å²) in [5.74, 6) is 0. The van der Waals surface area contributed by atoms with Gasteiger partial charge in [-0.2, -0.15) is 5.10 Å². The molecule has 1 rings (SSSR count). The molecule has 0 saturated heterocycles. The van der Waals surface area contributed by atoms with Crippen molar-refractivity contribution in [2.45, 2.75) is 6.42 Å². The fourth-order valence-corrected chi connectivity index (χ4v) is 1.55. The van der Waals surface area contributed by atoms with Gasteiger partial charge in [0.25, 0.3) is 0 Å². The third-order valence-corrected chi connectivity index (χ3v) is 2.55. The van der Waals surface area contributed by atoms with Crippen LogP contribution in [0.25, 0.3) is 0 Å². The quantitative estimate of drug-likeness (QED) is 0.552. The number of hydrogen-bond acceptors (Lipinski definition) is 5. The normalized spacial score (nSPS) is 11.1. The number of nitrogens with one attached hydrogen (secondary N) is 1. The van der Waals surface area contributed by atoms with E-state index in [0.29, 0.717) is 33.0 Å². The Morgan fingerprint density at radius 1 is 1.11 bits per heavy atom. The van der Waals surface area contributed by atoms with E-state index in [9.17, 15) is 0 Å². The van der Waals surface area contributed by atoms with Gasteiger partial charge in [-0.25, -0.2) is 0 Å². The minimum atomic E-state index is 0.622. The highest BCUT2D eigenvalue weighted by Gasteiger charge is 1.96. The summed E-state index contributed by atoms with van der Waals surface area (Å²) in [7, 11) is 3.59. The molecule has 0 radical (unpaired) electrons. The number of aryl methyl sites for hydroxylation is 1. The Kier molecular flexibility index (Phi) is 9.26. The summed E-state index contributed by atoms with van der Waals surface area (Å²) in [5.41, 5.74) is 1.11. The molecule has 1 aromatic rings. The monoisotopic (exact) mass is 271 g/mol. The van der Waals surface area contributed by atoms with E-state index < -0.39 is 0 Å².